The van der Waals surface area contributed by atoms with Crippen LogP contribution in [0.3, 0.4) is 0 Å². The standard InChI is InChI=1S/C16H30O7/c1-5-15(7-11(3)17,9-13(19)20)23-16(6-2,8-12(4)18)10-14(21)22/h11-12,17-18H,5-10H2,1-4H3,(H,19,20)(H,21,22). The van der Waals surface area contributed by atoms with Crippen molar-refractivity contribution < 1.29 is 34.8 Å². The lowest BCUT2D eigenvalue weighted by Crippen LogP contribution is -2.49. The molecule has 4 atom stereocenters. The van der Waals surface area contributed by atoms with Crippen LogP contribution in [0.5, 0.6) is 0 Å². The van der Waals surface area contributed by atoms with E-state index in [1.54, 1.807) is 13.8 Å². The summed E-state index contributed by atoms with van der Waals surface area (Å²) in [7, 11) is 0. The van der Waals surface area contributed by atoms with E-state index in [0.29, 0.717) is 12.8 Å². The van der Waals surface area contributed by atoms with Gasteiger partial charge in [0.2, 0.25) is 0 Å². The summed E-state index contributed by atoms with van der Waals surface area (Å²) in [4.78, 5) is 22.5. The number of rotatable bonds is 12. The summed E-state index contributed by atoms with van der Waals surface area (Å²) in [6.45, 7) is 6.56. The zero-order chi connectivity index (χ0) is 18.3. The number of aliphatic carboxylic acids is 2. The van der Waals surface area contributed by atoms with Crippen LogP contribution in [0.1, 0.15) is 66.2 Å². The van der Waals surface area contributed by atoms with Gasteiger partial charge in [0.05, 0.1) is 36.3 Å². The summed E-state index contributed by atoms with van der Waals surface area (Å²) in [6, 6.07) is 0. The molecule has 0 spiro atoms. The van der Waals surface area contributed by atoms with Crippen molar-refractivity contribution in [2.24, 2.45) is 0 Å². The van der Waals surface area contributed by atoms with Gasteiger partial charge in [-0.15, -0.1) is 0 Å². The zero-order valence-corrected chi connectivity index (χ0v) is 14.4. The van der Waals surface area contributed by atoms with Gasteiger partial charge in [-0.3, -0.25) is 9.59 Å². The Labute approximate surface area is 137 Å². The Hall–Kier alpha value is -1.18. The highest BCUT2D eigenvalue weighted by atomic mass is 16.5. The fraction of sp³-hybridized carbons (Fsp3) is 0.875. The van der Waals surface area contributed by atoms with Crippen LogP contribution in [-0.2, 0) is 14.3 Å². The quantitative estimate of drug-likeness (QED) is 0.429. The maximum atomic E-state index is 11.2. The summed E-state index contributed by atoms with van der Waals surface area (Å²) in [6.07, 6.45) is -1.48. The fourth-order valence-corrected chi connectivity index (χ4v) is 3.07. The maximum absolute atomic E-state index is 11.2. The van der Waals surface area contributed by atoms with Crippen molar-refractivity contribution in [1.82, 2.24) is 0 Å². The first-order valence-electron chi connectivity index (χ1n) is 7.99. The van der Waals surface area contributed by atoms with Gasteiger partial charge < -0.3 is 25.2 Å². The smallest absolute Gasteiger partial charge is 0.306 e. The number of ether oxygens (including phenoxy) is 1. The van der Waals surface area contributed by atoms with E-state index in [-0.39, 0.29) is 25.7 Å². The first kappa shape index (κ1) is 21.8. The average molecular weight is 334 g/mol. The van der Waals surface area contributed by atoms with Gasteiger partial charge >= 0.3 is 11.9 Å². The van der Waals surface area contributed by atoms with E-state index in [0.717, 1.165) is 0 Å². The SMILES string of the molecule is CCC(CC(=O)O)(CC(C)O)OC(CC)(CC(=O)O)CC(C)O. The molecule has 0 aliphatic heterocycles. The van der Waals surface area contributed by atoms with Crippen molar-refractivity contribution in [2.75, 3.05) is 0 Å². The van der Waals surface area contributed by atoms with Crippen LogP contribution < -0.4 is 0 Å². The molecular weight excluding hydrogens is 304 g/mol. The Morgan fingerprint density at radius 1 is 0.870 bits per heavy atom. The highest BCUT2D eigenvalue weighted by molar-refractivity contribution is 5.69. The van der Waals surface area contributed by atoms with Gasteiger partial charge in [-0.05, 0) is 26.7 Å². The molecule has 7 heteroatoms. The molecule has 0 aromatic rings. The normalized spacial score (nSPS) is 19.4. The lowest BCUT2D eigenvalue weighted by molar-refractivity contribution is -0.199. The van der Waals surface area contributed by atoms with Gasteiger partial charge in [-0.2, -0.15) is 0 Å². The summed E-state index contributed by atoms with van der Waals surface area (Å²) >= 11 is 0. The van der Waals surface area contributed by atoms with Crippen LogP contribution in [0, 0.1) is 0 Å². The largest absolute Gasteiger partial charge is 0.481 e. The van der Waals surface area contributed by atoms with E-state index in [2.05, 4.69) is 0 Å². The Bertz CT molecular complexity index is 358. The fourth-order valence-electron chi connectivity index (χ4n) is 3.07. The molecule has 0 bridgehead atoms. The predicted octanol–water partition coefficient (Wildman–Crippen LogP) is 1.79. The van der Waals surface area contributed by atoms with Crippen LogP contribution in [0.25, 0.3) is 0 Å². The van der Waals surface area contributed by atoms with Gasteiger partial charge in [0.15, 0.2) is 0 Å². The third kappa shape index (κ3) is 7.76. The van der Waals surface area contributed by atoms with E-state index in [4.69, 9.17) is 4.74 Å². The molecule has 7 nitrogen and oxygen atoms in total. The second-order valence-electron chi connectivity index (χ2n) is 6.42. The Kier molecular flexibility index (Phi) is 8.73. The number of carboxylic acid groups (broad SMARTS) is 2. The van der Waals surface area contributed by atoms with Crippen molar-refractivity contribution in [3.05, 3.63) is 0 Å². The minimum absolute atomic E-state index is 0.0803. The molecule has 0 fully saturated rings. The van der Waals surface area contributed by atoms with Crippen LogP contribution in [0.2, 0.25) is 0 Å². The second kappa shape index (κ2) is 9.20. The second-order valence-corrected chi connectivity index (χ2v) is 6.42. The molecule has 0 aliphatic rings. The average Bonchev–Trinajstić information content (AvgIpc) is 2.35. The van der Waals surface area contributed by atoms with Gasteiger partial charge in [-0.25, -0.2) is 0 Å². The third-order valence-electron chi connectivity index (χ3n) is 4.00. The van der Waals surface area contributed by atoms with E-state index in [1.807, 2.05) is 0 Å². The third-order valence-corrected chi connectivity index (χ3v) is 4.00. The van der Waals surface area contributed by atoms with Crippen molar-refractivity contribution in [2.45, 2.75) is 89.6 Å². The molecule has 0 saturated carbocycles. The van der Waals surface area contributed by atoms with Crippen molar-refractivity contribution in [3.8, 4) is 0 Å². The van der Waals surface area contributed by atoms with Crippen LogP contribution in [0.15, 0.2) is 0 Å². The number of aliphatic hydroxyl groups excluding tert-OH is 2. The van der Waals surface area contributed by atoms with Crippen molar-refractivity contribution in [3.63, 3.8) is 0 Å². The van der Waals surface area contributed by atoms with Crippen LogP contribution in [-0.4, -0.2) is 55.8 Å². The van der Waals surface area contributed by atoms with Gasteiger partial charge in [-0.1, -0.05) is 13.8 Å². The maximum Gasteiger partial charge on any atom is 0.306 e. The summed E-state index contributed by atoms with van der Waals surface area (Å²) in [5.41, 5.74) is -2.36. The Balaban J connectivity index is 5.70. The molecule has 23 heavy (non-hydrogen) atoms. The van der Waals surface area contributed by atoms with E-state index in [9.17, 15) is 30.0 Å². The molecule has 4 unspecified atom stereocenters. The van der Waals surface area contributed by atoms with Gasteiger partial charge in [0.25, 0.3) is 0 Å². The Morgan fingerprint density at radius 2 is 1.17 bits per heavy atom. The molecule has 0 saturated heterocycles. The number of carboxylic acids is 2. The molecular formula is C16H30O7. The molecule has 0 heterocycles. The van der Waals surface area contributed by atoms with Crippen LogP contribution in [0.4, 0.5) is 0 Å². The molecule has 0 aromatic carbocycles. The molecule has 136 valence electrons. The highest BCUT2D eigenvalue weighted by Crippen LogP contribution is 2.38. The molecule has 0 radical (unpaired) electrons. The van der Waals surface area contributed by atoms with Gasteiger partial charge in [0, 0.05) is 12.8 Å². The summed E-state index contributed by atoms with van der Waals surface area (Å²) in [5, 5.41) is 37.9. The van der Waals surface area contributed by atoms with Gasteiger partial charge in [0.1, 0.15) is 0 Å². The summed E-state index contributed by atoms with van der Waals surface area (Å²) in [5.74, 6) is -2.16. The number of aliphatic hydroxyl groups is 2. The van der Waals surface area contributed by atoms with E-state index >= 15 is 0 Å². The number of hydrogen-bond acceptors (Lipinski definition) is 5. The molecule has 0 rings (SSSR count). The predicted molar refractivity (Wildman–Crippen MR) is 84.2 cm³/mol. The topological polar surface area (TPSA) is 124 Å². The van der Waals surface area contributed by atoms with Crippen molar-refractivity contribution >= 4 is 11.9 Å². The monoisotopic (exact) mass is 334 g/mol. The minimum atomic E-state index is -1.18. The lowest BCUT2D eigenvalue weighted by Gasteiger charge is -2.44. The summed E-state index contributed by atoms with van der Waals surface area (Å²) < 4.78 is 6.09. The van der Waals surface area contributed by atoms with E-state index in [1.165, 1.54) is 13.8 Å². The molecule has 0 aliphatic carbocycles. The highest BCUT2D eigenvalue weighted by Gasteiger charge is 2.44. The lowest BCUT2D eigenvalue weighted by atomic mass is 9.84. The molecule has 4 N–H and O–H groups in total. The van der Waals surface area contributed by atoms with Crippen molar-refractivity contribution in [1.29, 1.82) is 0 Å². The first-order chi connectivity index (χ1) is 10.5. The minimum Gasteiger partial charge on any atom is -0.481 e. The first-order valence-corrected chi connectivity index (χ1v) is 7.99. The number of carbonyl (C=O) groups is 2. The molecule has 0 aromatic heterocycles. The zero-order valence-electron chi connectivity index (χ0n) is 14.4. The van der Waals surface area contributed by atoms with E-state index < -0.39 is 35.3 Å². The molecule has 0 amide bonds. The number of hydrogen-bond donors (Lipinski definition) is 4. The van der Waals surface area contributed by atoms with Crippen LogP contribution >= 0.6 is 0 Å². The Morgan fingerprint density at radius 3 is 1.35 bits per heavy atom.